The van der Waals surface area contributed by atoms with Crippen LogP contribution < -0.4 is 5.32 Å². The Morgan fingerprint density at radius 2 is 1.86 bits per heavy atom. The lowest BCUT2D eigenvalue weighted by molar-refractivity contribution is -0.146. The lowest BCUT2D eigenvalue weighted by Gasteiger charge is -2.40. The van der Waals surface area contributed by atoms with E-state index in [4.69, 9.17) is 0 Å². The van der Waals surface area contributed by atoms with E-state index in [9.17, 15) is 9.59 Å². The Balaban J connectivity index is 1.60. The van der Waals surface area contributed by atoms with Crippen molar-refractivity contribution >= 4 is 11.8 Å². The molecule has 5 nitrogen and oxygen atoms in total. The lowest BCUT2D eigenvalue weighted by Crippen LogP contribution is -2.52. The van der Waals surface area contributed by atoms with E-state index in [1.807, 2.05) is 23.6 Å². The van der Waals surface area contributed by atoms with Gasteiger partial charge in [0.15, 0.2) is 0 Å². The zero-order chi connectivity index (χ0) is 15.7. The van der Waals surface area contributed by atoms with Gasteiger partial charge in [-0.2, -0.15) is 0 Å². The molecule has 0 bridgehead atoms. The lowest BCUT2D eigenvalue weighted by atomic mass is 9.77. The molecule has 2 amide bonds. The van der Waals surface area contributed by atoms with Crippen molar-refractivity contribution in [2.45, 2.75) is 52.0 Å². The smallest absolute Gasteiger partial charge is 0.245 e. The Hall–Kier alpha value is -1.10. The maximum Gasteiger partial charge on any atom is 0.245 e. The summed E-state index contributed by atoms with van der Waals surface area (Å²) in [5, 5.41) is 3.46. The number of carbonyl (C=O) groups is 2. The molecule has 5 heteroatoms. The second-order valence-corrected chi connectivity index (χ2v) is 7.60. The molecule has 3 rings (SSSR count). The Morgan fingerprint density at radius 1 is 1.14 bits per heavy atom. The second kappa shape index (κ2) is 6.19. The van der Waals surface area contributed by atoms with Crippen molar-refractivity contribution in [3.63, 3.8) is 0 Å². The first-order chi connectivity index (χ1) is 10.5. The minimum Gasteiger partial charge on any atom is -0.341 e. The quantitative estimate of drug-likeness (QED) is 0.835. The van der Waals surface area contributed by atoms with Crippen LogP contribution in [0.5, 0.6) is 0 Å². The summed E-state index contributed by atoms with van der Waals surface area (Å²) in [5.74, 6) is 0.291. The molecule has 0 radical (unpaired) electrons. The Labute approximate surface area is 133 Å². The molecule has 1 unspecified atom stereocenters. The van der Waals surface area contributed by atoms with Gasteiger partial charge in [0.05, 0.1) is 0 Å². The van der Waals surface area contributed by atoms with Crippen LogP contribution in [-0.2, 0) is 9.59 Å². The van der Waals surface area contributed by atoms with Crippen LogP contribution in [0.15, 0.2) is 0 Å². The number of nitrogens with one attached hydrogen (secondary N) is 1. The number of amides is 2. The van der Waals surface area contributed by atoms with Gasteiger partial charge in [-0.3, -0.25) is 9.59 Å². The number of likely N-dealkylation sites (tertiary alicyclic amines) is 2. The zero-order valence-corrected chi connectivity index (χ0v) is 13.9. The fourth-order valence-electron chi connectivity index (χ4n) is 4.25. The summed E-state index contributed by atoms with van der Waals surface area (Å²) in [5.41, 5.74) is 0.430. The van der Waals surface area contributed by atoms with Crippen LogP contribution in [0.1, 0.15) is 46.0 Å². The first-order valence-corrected chi connectivity index (χ1v) is 8.82. The summed E-state index contributed by atoms with van der Waals surface area (Å²) in [6.07, 6.45) is 5.25. The molecule has 3 heterocycles. The highest BCUT2D eigenvalue weighted by Crippen LogP contribution is 2.37. The summed E-state index contributed by atoms with van der Waals surface area (Å²) in [7, 11) is 0. The predicted molar refractivity (Wildman–Crippen MR) is 85.3 cm³/mol. The van der Waals surface area contributed by atoms with Crippen molar-refractivity contribution in [2.75, 3.05) is 32.7 Å². The summed E-state index contributed by atoms with van der Waals surface area (Å²) in [6.45, 7) is 8.53. The predicted octanol–water partition coefficient (Wildman–Crippen LogP) is 1.24. The Bertz CT molecular complexity index is 433. The van der Waals surface area contributed by atoms with Gasteiger partial charge in [0, 0.05) is 32.1 Å². The highest BCUT2D eigenvalue weighted by molar-refractivity contribution is 5.89. The maximum absolute atomic E-state index is 12.9. The maximum atomic E-state index is 12.9. The van der Waals surface area contributed by atoms with Crippen molar-refractivity contribution in [1.29, 1.82) is 0 Å². The summed E-state index contributed by atoms with van der Waals surface area (Å²) in [6, 6.07) is -0.203. The molecule has 1 atom stereocenters. The molecule has 1 spiro atoms. The van der Waals surface area contributed by atoms with E-state index in [1.54, 1.807) is 0 Å². The van der Waals surface area contributed by atoms with E-state index in [0.29, 0.717) is 5.41 Å². The largest absolute Gasteiger partial charge is 0.341 e. The van der Waals surface area contributed by atoms with Crippen LogP contribution >= 0.6 is 0 Å². The number of piperidine rings is 1. The second-order valence-electron chi connectivity index (χ2n) is 7.60. The van der Waals surface area contributed by atoms with Crippen LogP contribution in [0.3, 0.4) is 0 Å². The Morgan fingerprint density at radius 3 is 2.45 bits per heavy atom. The molecule has 0 aliphatic carbocycles. The molecule has 0 saturated carbocycles. The van der Waals surface area contributed by atoms with Gasteiger partial charge in [0.2, 0.25) is 11.8 Å². The molecule has 3 aliphatic heterocycles. The average Bonchev–Trinajstić information content (AvgIpc) is 3.16. The zero-order valence-electron chi connectivity index (χ0n) is 13.9. The first-order valence-electron chi connectivity index (χ1n) is 8.82. The standard InChI is InChI=1S/C17H29N3O2/c1-13(2)15(21)20-9-3-4-14(20)16(22)19-10-6-17(7-11-19)5-8-18-12-17/h13-14,18H,3-12H2,1-2H3. The SMILES string of the molecule is CC(C)C(=O)N1CCCC1C(=O)N1CCC2(CCNC2)CC1. The van der Waals surface area contributed by atoms with Crippen molar-refractivity contribution in [2.24, 2.45) is 11.3 Å². The third-order valence-corrected chi connectivity index (χ3v) is 5.78. The number of nitrogens with zero attached hydrogens (tertiary/aromatic N) is 2. The highest BCUT2D eigenvalue weighted by atomic mass is 16.2. The highest BCUT2D eigenvalue weighted by Gasteiger charge is 2.42. The molecule has 3 aliphatic rings. The number of carbonyl (C=O) groups excluding carboxylic acids is 2. The van der Waals surface area contributed by atoms with Gasteiger partial charge < -0.3 is 15.1 Å². The molecule has 22 heavy (non-hydrogen) atoms. The van der Waals surface area contributed by atoms with E-state index in [1.165, 1.54) is 6.42 Å². The monoisotopic (exact) mass is 307 g/mol. The normalized spacial score (nSPS) is 27.9. The van der Waals surface area contributed by atoms with E-state index >= 15 is 0 Å². The van der Waals surface area contributed by atoms with Crippen LogP contribution in [0, 0.1) is 11.3 Å². The average molecular weight is 307 g/mol. The van der Waals surface area contributed by atoms with Gasteiger partial charge in [-0.1, -0.05) is 13.8 Å². The topological polar surface area (TPSA) is 52.7 Å². The van der Waals surface area contributed by atoms with Gasteiger partial charge >= 0.3 is 0 Å². The fourth-order valence-corrected chi connectivity index (χ4v) is 4.25. The molecule has 0 aromatic rings. The summed E-state index contributed by atoms with van der Waals surface area (Å²) < 4.78 is 0. The molecular weight excluding hydrogens is 278 g/mol. The van der Waals surface area contributed by atoms with Crippen LogP contribution in [-0.4, -0.2) is 60.4 Å². The third kappa shape index (κ3) is 2.87. The van der Waals surface area contributed by atoms with Crippen molar-refractivity contribution < 1.29 is 9.59 Å². The molecule has 3 saturated heterocycles. The number of hydrogen-bond donors (Lipinski definition) is 1. The minimum absolute atomic E-state index is 0.0254. The molecule has 1 N–H and O–H groups in total. The Kier molecular flexibility index (Phi) is 4.44. The van der Waals surface area contributed by atoms with Crippen molar-refractivity contribution in [1.82, 2.24) is 15.1 Å². The van der Waals surface area contributed by atoms with E-state index < -0.39 is 0 Å². The van der Waals surface area contributed by atoms with Gasteiger partial charge in [0.25, 0.3) is 0 Å². The van der Waals surface area contributed by atoms with Crippen molar-refractivity contribution in [3.05, 3.63) is 0 Å². The van der Waals surface area contributed by atoms with Crippen LogP contribution in [0.4, 0.5) is 0 Å². The van der Waals surface area contributed by atoms with E-state index in [0.717, 1.165) is 58.4 Å². The van der Waals surface area contributed by atoms with Gasteiger partial charge in [-0.05, 0) is 44.1 Å². The van der Waals surface area contributed by atoms with Crippen molar-refractivity contribution in [3.8, 4) is 0 Å². The fraction of sp³-hybridized carbons (Fsp3) is 0.882. The van der Waals surface area contributed by atoms with Gasteiger partial charge in [0.1, 0.15) is 6.04 Å². The first kappa shape index (κ1) is 15.8. The van der Waals surface area contributed by atoms with Gasteiger partial charge in [-0.15, -0.1) is 0 Å². The molecule has 124 valence electrons. The molecular formula is C17H29N3O2. The number of hydrogen-bond acceptors (Lipinski definition) is 3. The van der Waals surface area contributed by atoms with Crippen LogP contribution in [0.2, 0.25) is 0 Å². The number of rotatable bonds is 2. The molecule has 0 aromatic heterocycles. The summed E-state index contributed by atoms with van der Waals surface area (Å²) >= 11 is 0. The summed E-state index contributed by atoms with van der Waals surface area (Å²) in [4.78, 5) is 29.0. The van der Waals surface area contributed by atoms with Crippen LogP contribution in [0.25, 0.3) is 0 Å². The molecule has 0 aromatic carbocycles. The minimum atomic E-state index is -0.203. The van der Waals surface area contributed by atoms with E-state index in [-0.39, 0.29) is 23.8 Å². The van der Waals surface area contributed by atoms with E-state index in [2.05, 4.69) is 5.32 Å². The van der Waals surface area contributed by atoms with Gasteiger partial charge in [-0.25, -0.2) is 0 Å². The third-order valence-electron chi connectivity index (χ3n) is 5.78. The molecule has 3 fully saturated rings.